The van der Waals surface area contributed by atoms with Gasteiger partial charge in [0, 0.05) is 17.2 Å². The Kier molecular flexibility index (Phi) is 5.98. The molecule has 3 aromatic carbocycles. The van der Waals surface area contributed by atoms with E-state index >= 15 is 0 Å². The van der Waals surface area contributed by atoms with E-state index in [-0.39, 0.29) is 10.8 Å². The van der Waals surface area contributed by atoms with Gasteiger partial charge < -0.3 is 20.9 Å². The van der Waals surface area contributed by atoms with E-state index in [1.165, 1.54) is 88.2 Å². The molecule has 0 aliphatic heterocycles. The summed E-state index contributed by atoms with van der Waals surface area (Å²) < 4.78 is 14.0. The maximum atomic E-state index is 6.98. The van der Waals surface area contributed by atoms with Crippen LogP contribution in [0.2, 0.25) is 0 Å². The average molecular weight is 589 g/mol. The van der Waals surface area contributed by atoms with Crippen LogP contribution in [0.15, 0.2) is 48.5 Å². The van der Waals surface area contributed by atoms with Crippen LogP contribution in [0, 0.1) is 49.4 Å². The number of hydrogen-bond acceptors (Lipinski definition) is 4. The number of hydrogen-bond donors (Lipinski definition) is 2. The van der Waals surface area contributed by atoms with Gasteiger partial charge in [0.15, 0.2) is 11.5 Å². The molecule has 8 aliphatic carbocycles. The summed E-state index contributed by atoms with van der Waals surface area (Å²) in [5.74, 6) is 8.49. The molecule has 3 aromatic rings. The third kappa shape index (κ3) is 4.37. The SMILES string of the molecule is Cc1ccc(N)c(Oc2cc(Oc3cc(C)ccc3N)c(C34CC5CC(CC(C5)C3)C4)cc2C23CC4CC(CC(C4)C2)C3)c1. The molecule has 11 rings (SSSR count). The third-order valence-corrected chi connectivity index (χ3v) is 13.1. The lowest BCUT2D eigenvalue weighted by molar-refractivity contribution is -0.00937. The molecule has 0 spiro atoms. The molecule has 0 amide bonds. The molecule has 0 heterocycles. The van der Waals surface area contributed by atoms with Crippen LogP contribution in [-0.4, -0.2) is 0 Å². The lowest BCUT2D eigenvalue weighted by atomic mass is 9.46. The van der Waals surface area contributed by atoms with Crippen LogP contribution in [0.4, 0.5) is 11.4 Å². The Balaban J connectivity index is 1.25. The molecule has 0 saturated heterocycles. The molecule has 44 heavy (non-hydrogen) atoms. The van der Waals surface area contributed by atoms with Crippen LogP contribution in [-0.2, 0) is 10.8 Å². The van der Waals surface area contributed by atoms with Gasteiger partial charge in [-0.25, -0.2) is 0 Å². The van der Waals surface area contributed by atoms with Crippen molar-refractivity contribution in [2.75, 3.05) is 11.5 Å². The number of nitrogens with two attached hydrogens (primary N) is 2. The number of benzene rings is 3. The summed E-state index contributed by atoms with van der Waals surface area (Å²) in [5, 5.41) is 0. The molecule has 8 aliphatic rings. The monoisotopic (exact) mass is 588 g/mol. The van der Waals surface area contributed by atoms with E-state index in [1.54, 1.807) is 0 Å². The summed E-state index contributed by atoms with van der Waals surface area (Å²) in [4.78, 5) is 0. The van der Waals surface area contributed by atoms with Gasteiger partial charge in [-0.15, -0.1) is 0 Å². The van der Waals surface area contributed by atoms with Crippen LogP contribution < -0.4 is 20.9 Å². The van der Waals surface area contributed by atoms with E-state index in [0.717, 1.165) is 69.6 Å². The molecule has 4 nitrogen and oxygen atoms in total. The first-order valence-corrected chi connectivity index (χ1v) is 17.5. The topological polar surface area (TPSA) is 70.5 Å². The van der Waals surface area contributed by atoms with E-state index in [0.29, 0.717) is 11.4 Å². The highest BCUT2D eigenvalue weighted by Gasteiger charge is 2.55. The van der Waals surface area contributed by atoms with Crippen LogP contribution >= 0.6 is 0 Å². The standard InChI is InChI=1S/C40H48N2O2/c1-23-3-5-33(41)37(7-23)43-35-16-36(44-38-8-24(2)4-6-34(38)42)32(40-20-28-12-29(21-40)14-30(13-28)22-40)15-31(35)39-17-25-9-26(18-39)11-27(10-25)19-39/h3-8,15-16,25-30H,9-14,17-22,41-42H2,1-2H3. The van der Waals surface area contributed by atoms with Crippen molar-refractivity contribution in [2.24, 2.45) is 35.5 Å². The Morgan fingerprint density at radius 2 is 0.818 bits per heavy atom. The summed E-state index contributed by atoms with van der Waals surface area (Å²) >= 11 is 0. The molecule has 0 aromatic heterocycles. The maximum absolute atomic E-state index is 6.98. The molecular weight excluding hydrogens is 540 g/mol. The van der Waals surface area contributed by atoms with Gasteiger partial charge >= 0.3 is 0 Å². The highest BCUT2D eigenvalue weighted by Crippen LogP contribution is 2.66. The summed E-state index contributed by atoms with van der Waals surface area (Å²) in [6.07, 6.45) is 16.3. The van der Waals surface area contributed by atoms with Crippen molar-refractivity contribution >= 4 is 11.4 Å². The van der Waals surface area contributed by atoms with Crippen LogP contribution in [0.25, 0.3) is 0 Å². The molecule has 230 valence electrons. The van der Waals surface area contributed by atoms with Gasteiger partial charge in [-0.1, -0.05) is 12.1 Å². The second-order valence-electron chi connectivity index (χ2n) is 16.5. The zero-order valence-electron chi connectivity index (χ0n) is 26.5. The van der Waals surface area contributed by atoms with Gasteiger partial charge in [-0.05, 0) is 179 Å². The van der Waals surface area contributed by atoms with Crippen molar-refractivity contribution in [3.63, 3.8) is 0 Å². The average Bonchev–Trinajstić information content (AvgIpc) is 2.95. The lowest BCUT2D eigenvalue weighted by Crippen LogP contribution is -2.50. The normalized spacial score (nSPS) is 36.1. The first kappa shape index (κ1) is 27.2. The van der Waals surface area contributed by atoms with E-state index in [4.69, 9.17) is 20.9 Å². The van der Waals surface area contributed by atoms with Gasteiger partial charge in [-0.2, -0.15) is 0 Å². The predicted molar refractivity (Wildman–Crippen MR) is 177 cm³/mol. The smallest absolute Gasteiger partial charge is 0.150 e. The molecule has 0 radical (unpaired) electrons. The number of aryl methyl sites for hydroxylation is 2. The Morgan fingerprint density at radius 1 is 0.477 bits per heavy atom. The van der Waals surface area contributed by atoms with Crippen LogP contribution in [0.3, 0.4) is 0 Å². The molecule has 8 saturated carbocycles. The van der Waals surface area contributed by atoms with Crippen molar-refractivity contribution in [1.82, 2.24) is 0 Å². The molecule has 8 bridgehead atoms. The zero-order valence-corrected chi connectivity index (χ0v) is 26.5. The van der Waals surface area contributed by atoms with Crippen molar-refractivity contribution in [1.29, 1.82) is 0 Å². The summed E-state index contributed by atoms with van der Waals surface area (Å²) in [5.41, 5.74) is 20.0. The van der Waals surface area contributed by atoms with E-state index in [2.05, 4.69) is 50.2 Å². The van der Waals surface area contributed by atoms with E-state index in [1.807, 2.05) is 12.1 Å². The summed E-state index contributed by atoms with van der Waals surface area (Å²) in [6.45, 7) is 4.22. The Labute approximate surface area is 262 Å². The van der Waals surface area contributed by atoms with Gasteiger partial charge in [0.25, 0.3) is 0 Å². The fraction of sp³-hybridized carbons (Fsp3) is 0.550. The number of ether oxygens (including phenoxy) is 2. The minimum absolute atomic E-state index is 0.181. The van der Waals surface area contributed by atoms with E-state index in [9.17, 15) is 0 Å². The Hall–Kier alpha value is -3.14. The molecule has 0 atom stereocenters. The van der Waals surface area contributed by atoms with Gasteiger partial charge in [0.1, 0.15) is 11.5 Å². The van der Waals surface area contributed by atoms with Crippen molar-refractivity contribution in [3.05, 3.63) is 70.8 Å². The molecule has 4 heteroatoms. The predicted octanol–water partition coefficient (Wildman–Crippen LogP) is 9.99. The lowest BCUT2D eigenvalue weighted by Gasteiger charge is -2.58. The van der Waals surface area contributed by atoms with Crippen LogP contribution in [0.5, 0.6) is 23.0 Å². The van der Waals surface area contributed by atoms with Gasteiger partial charge in [-0.3, -0.25) is 0 Å². The second-order valence-corrected chi connectivity index (χ2v) is 16.5. The fourth-order valence-corrected chi connectivity index (χ4v) is 12.1. The first-order chi connectivity index (χ1) is 21.2. The van der Waals surface area contributed by atoms with Crippen molar-refractivity contribution in [2.45, 2.75) is 102 Å². The van der Waals surface area contributed by atoms with Crippen LogP contribution in [0.1, 0.15) is 99.3 Å². The third-order valence-electron chi connectivity index (χ3n) is 13.1. The minimum atomic E-state index is 0.181. The quantitative estimate of drug-likeness (QED) is 0.281. The van der Waals surface area contributed by atoms with E-state index < -0.39 is 0 Å². The molecule has 0 unspecified atom stereocenters. The molecule has 4 N–H and O–H groups in total. The van der Waals surface area contributed by atoms with Crippen molar-refractivity contribution < 1.29 is 9.47 Å². The molecular formula is C40H48N2O2. The number of nitrogen functional groups attached to an aromatic ring is 2. The zero-order chi connectivity index (χ0) is 29.8. The minimum Gasteiger partial charge on any atom is -0.455 e. The first-order valence-electron chi connectivity index (χ1n) is 17.5. The van der Waals surface area contributed by atoms with Gasteiger partial charge in [0.05, 0.1) is 11.4 Å². The number of rotatable bonds is 6. The largest absolute Gasteiger partial charge is 0.455 e. The highest BCUT2D eigenvalue weighted by atomic mass is 16.5. The van der Waals surface area contributed by atoms with Gasteiger partial charge in [0.2, 0.25) is 0 Å². The Morgan fingerprint density at radius 3 is 1.16 bits per heavy atom. The fourth-order valence-electron chi connectivity index (χ4n) is 12.1. The molecule has 8 fully saturated rings. The summed E-state index contributed by atoms with van der Waals surface area (Å²) in [7, 11) is 0. The summed E-state index contributed by atoms with van der Waals surface area (Å²) in [6, 6.07) is 17.2. The number of anilines is 2. The second kappa shape index (κ2) is 9.68. The maximum Gasteiger partial charge on any atom is 0.150 e. The highest BCUT2D eigenvalue weighted by molar-refractivity contribution is 5.62. The Bertz CT molecular complexity index is 1450. The van der Waals surface area contributed by atoms with Crippen molar-refractivity contribution in [3.8, 4) is 23.0 Å².